The van der Waals surface area contributed by atoms with Gasteiger partial charge in [0, 0.05) is 6.54 Å². The molecule has 0 spiro atoms. The van der Waals surface area contributed by atoms with Crippen LogP contribution in [0.15, 0.2) is 48.5 Å². The van der Waals surface area contributed by atoms with Crippen LogP contribution in [0.25, 0.3) is 0 Å². The Morgan fingerprint density at radius 3 is 2.29 bits per heavy atom. The molecule has 0 fully saturated rings. The highest BCUT2D eigenvalue weighted by Gasteiger charge is 2.32. The van der Waals surface area contributed by atoms with Crippen LogP contribution in [0.4, 0.5) is 13.2 Å². The SMILES string of the molecule is Oc1ccc(CCNCc2ccccc2C(F)(F)F)cc1. The van der Waals surface area contributed by atoms with Crippen molar-refractivity contribution in [3.8, 4) is 5.75 Å². The average Bonchev–Trinajstić information content (AvgIpc) is 2.45. The first-order valence-corrected chi connectivity index (χ1v) is 6.60. The van der Waals surface area contributed by atoms with Gasteiger partial charge in [-0.15, -0.1) is 0 Å². The molecule has 0 atom stereocenters. The summed E-state index contributed by atoms with van der Waals surface area (Å²) in [6.45, 7) is 0.741. The highest BCUT2D eigenvalue weighted by atomic mass is 19.4. The van der Waals surface area contributed by atoms with Crippen molar-refractivity contribution < 1.29 is 18.3 Å². The molecule has 2 N–H and O–H groups in total. The van der Waals surface area contributed by atoms with Gasteiger partial charge >= 0.3 is 6.18 Å². The summed E-state index contributed by atoms with van der Waals surface area (Å²) in [6.07, 6.45) is -3.64. The summed E-state index contributed by atoms with van der Waals surface area (Å²) < 4.78 is 38.4. The molecule has 21 heavy (non-hydrogen) atoms. The Morgan fingerprint density at radius 1 is 0.952 bits per heavy atom. The normalized spacial score (nSPS) is 11.6. The van der Waals surface area contributed by atoms with Crippen molar-refractivity contribution in [2.24, 2.45) is 0 Å². The van der Waals surface area contributed by atoms with E-state index in [0.29, 0.717) is 13.0 Å². The molecule has 0 aliphatic carbocycles. The highest BCUT2D eigenvalue weighted by molar-refractivity contribution is 5.29. The van der Waals surface area contributed by atoms with E-state index >= 15 is 0 Å². The van der Waals surface area contributed by atoms with E-state index in [2.05, 4.69) is 5.32 Å². The second-order valence-corrected chi connectivity index (χ2v) is 4.75. The molecule has 0 bridgehead atoms. The standard InChI is InChI=1S/C16H16F3NO/c17-16(18,19)15-4-2-1-3-13(15)11-20-10-9-12-5-7-14(21)8-6-12/h1-8,20-21H,9-11H2. The molecule has 2 aromatic rings. The number of nitrogens with one attached hydrogen (secondary N) is 1. The zero-order valence-electron chi connectivity index (χ0n) is 11.3. The van der Waals surface area contributed by atoms with Crippen molar-refractivity contribution in [2.45, 2.75) is 19.1 Å². The first kappa shape index (κ1) is 15.4. The van der Waals surface area contributed by atoms with Crippen molar-refractivity contribution in [1.29, 1.82) is 0 Å². The lowest BCUT2D eigenvalue weighted by atomic mass is 10.1. The largest absolute Gasteiger partial charge is 0.508 e. The maximum Gasteiger partial charge on any atom is 0.416 e. The van der Waals surface area contributed by atoms with Crippen molar-refractivity contribution in [1.82, 2.24) is 5.32 Å². The van der Waals surface area contributed by atoms with Gasteiger partial charge in [0.2, 0.25) is 0 Å². The first-order valence-electron chi connectivity index (χ1n) is 6.60. The zero-order chi connectivity index (χ0) is 15.3. The third-order valence-corrected chi connectivity index (χ3v) is 3.17. The number of phenolic OH excluding ortho intramolecular Hbond substituents is 1. The lowest BCUT2D eigenvalue weighted by Gasteiger charge is -2.13. The Labute approximate surface area is 121 Å². The van der Waals surface area contributed by atoms with E-state index in [-0.39, 0.29) is 17.9 Å². The molecule has 2 nitrogen and oxygen atoms in total. The molecular weight excluding hydrogens is 279 g/mol. The van der Waals surface area contributed by atoms with Crippen LogP contribution in [0.1, 0.15) is 16.7 Å². The topological polar surface area (TPSA) is 32.3 Å². The minimum Gasteiger partial charge on any atom is -0.508 e. The van der Waals surface area contributed by atoms with Gasteiger partial charge in [0.25, 0.3) is 0 Å². The third kappa shape index (κ3) is 4.49. The third-order valence-electron chi connectivity index (χ3n) is 3.17. The molecule has 0 amide bonds. The van der Waals surface area contributed by atoms with Crippen LogP contribution in [-0.4, -0.2) is 11.7 Å². The second-order valence-electron chi connectivity index (χ2n) is 4.75. The van der Waals surface area contributed by atoms with Crippen LogP contribution in [-0.2, 0) is 19.1 Å². The predicted octanol–water partition coefficient (Wildman–Crippen LogP) is 3.74. The molecular formula is C16H16F3NO. The van der Waals surface area contributed by atoms with E-state index < -0.39 is 11.7 Å². The quantitative estimate of drug-likeness (QED) is 0.824. The van der Waals surface area contributed by atoms with Gasteiger partial charge in [0.05, 0.1) is 5.56 Å². The maximum absolute atomic E-state index is 12.8. The van der Waals surface area contributed by atoms with Gasteiger partial charge in [-0.2, -0.15) is 13.2 Å². The summed E-state index contributed by atoms with van der Waals surface area (Å²) in [7, 11) is 0. The summed E-state index contributed by atoms with van der Waals surface area (Å²) in [5.74, 6) is 0.200. The Hall–Kier alpha value is -2.01. The molecule has 0 unspecified atom stereocenters. The molecule has 0 heterocycles. The fraction of sp³-hybridized carbons (Fsp3) is 0.250. The molecule has 0 aliphatic heterocycles. The monoisotopic (exact) mass is 295 g/mol. The minimum atomic E-state index is -4.32. The van der Waals surface area contributed by atoms with Crippen molar-refractivity contribution in [2.75, 3.05) is 6.54 Å². The van der Waals surface area contributed by atoms with Gasteiger partial charge in [0.1, 0.15) is 5.75 Å². The highest BCUT2D eigenvalue weighted by Crippen LogP contribution is 2.31. The van der Waals surface area contributed by atoms with Gasteiger partial charge in [0.15, 0.2) is 0 Å². The lowest BCUT2D eigenvalue weighted by molar-refractivity contribution is -0.138. The molecule has 0 radical (unpaired) electrons. The summed E-state index contributed by atoms with van der Waals surface area (Å²) in [4.78, 5) is 0. The van der Waals surface area contributed by atoms with Crippen LogP contribution < -0.4 is 5.32 Å². The number of hydrogen-bond donors (Lipinski definition) is 2. The summed E-state index contributed by atoms with van der Waals surface area (Å²) in [6, 6.07) is 12.3. The minimum absolute atomic E-state index is 0.174. The molecule has 0 saturated carbocycles. The smallest absolute Gasteiger partial charge is 0.416 e. The fourth-order valence-corrected chi connectivity index (χ4v) is 2.07. The Morgan fingerprint density at radius 2 is 1.62 bits per heavy atom. The average molecular weight is 295 g/mol. The van der Waals surface area contributed by atoms with Crippen LogP contribution in [0.3, 0.4) is 0 Å². The van der Waals surface area contributed by atoms with E-state index in [4.69, 9.17) is 5.11 Å². The number of phenols is 1. The van der Waals surface area contributed by atoms with Gasteiger partial charge < -0.3 is 10.4 Å². The lowest BCUT2D eigenvalue weighted by Crippen LogP contribution is -2.19. The zero-order valence-corrected chi connectivity index (χ0v) is 11.3. The number of halogens is 3. The molecule has 0 aliphatic rings. The first-order chi connectivity index (χ1) is 9.97. The number of benzene rings is 2. The number of rotatable bonds is 5. The second kappa shape index (κ2) is 6.63. The molecule has 112 valence electrons. The predicted molar refractivity (Wildman–Crippen MR) is 75.0 cm³/mol. The van der Waals surface area contributed by atoms with Crippen molar-refractivity contribution in [3.05, 3.63) is 65.2 Å². The number of hydrogen-bond acceptors (Lipinski definition) is 2. The van der Waals surface area contributed by atoms with Gasteiger partial charge in [-0.05, 0) is 42.3 Å². The Bertz CT molecular complexity index is 579. The van der Waals surface area contributed by atoms with Gasteiger partial charge in [-0.3, -0.25) is 0 Å². The summed E-state index contributed by atoms with van der Waals surface area (Å²) in [5, 5.41) is 12.2. The van der Waals surface area contributed by atoms with E-state index in [1.165, 1.54) is 12.1 Å². The van der Waals surface area contributed by atoms with E-state index in [1.807, 2.05) is 0 Å². The Balaban J connectivity index is 1.88. The summed E-state index contributed by atoms with van der Waals surface area (Å²) in [5.41, 5.74) is 0.669. The molecule has 5 heteroatoms. The Kier molecular flexibility index (Phi) is 4.85. The van der Waals surface area contributed by atoms with Crippen LogP contribution in [0.5, 0.6) is 5.75 Å². The molecule has 2 rings (SSSR count). The van der Waals surface area contributed by atoms with Crippen molar-refractivity contribution in [3.63, 3.8) is 0 Å². The van der Waals surface area contributed by atoms with E-state index in [0.717, 1.165) is 11.6 Å². The van der Waals surface area contributed by atoms with Crippen LogP contribution >= 0.6 is 0 Å². The number of alkyl halides is 3. The van der Waals surface area contributed by atoms with E-state index in [9.17, 15) is 13.2 Å². The van der Waals surface area contributed by atoms with Crippen molar-refractivity contribution >= 4 is 0 Å². The van der Waals surface area contributed by atoms with Gasteiger partial charge in [-0.25, -0.2) is 0 Å². The molecule has 2 aromatic carbocycles. The van der Waals surface area contributed by atoms with Crippen LogP contribution in [0.2, 0.25) is 0 Å². The molecule has 0 saturated heterocycles. The number of aromatic hydroxyl groups is 1. The summed E-state index contributed by atoms with van der Waals surface area (Å²) >= 11 is 0. The maximum atomic E-state index is 12.8. The fourth-order valence-electron chi connectivity index (χ4n) is 2.07. The van der Waals surface area contributed by atoms with Gasteiger partial charge in [-0.1, -0.05) is 30.3 Å². The van der Waals surface area contributed by atoms with Crippen LogP contribution in [0, 0.1) is 0 Å². The molecule has 0 aromatic heterocycles. The van der Waals surface area contributed by atoms with E-state index in [1.54, 1.807) is 30.3 Å².